The number of nitrogens with zero attached hydrogens (tertiary/aromatic N) is 4. The lowest BCUT2D eigenvalue weighted by Gasteiger charge is -2.22. The monoisotopic (exact) mass is 336 g/mol. The third-order valence-electron chi connectivity index (χ3n) is 2.98. The lowest BCUT2D eigenvalue weighted by atomic mass is 10.2. The van der Waals surface area contributed by atoms with Crippen LogP contribution in [0.15, 0.2) is 46.6 Å². The molecule has 9 heteroatoms. The molecule has 1 aromatic heterocycles. The summed E-state index contributed by atoms with van der Waals surface area (Å²) in [5.41, 5.74) is 1.47. The highest BCUT2D eigenvalue weighted by molar-refractivity contribution is 7.18. The zero-order chi connectivity index (χ0) is 16.7. The number of thiophene rings is 1. The van der Waals surface area contributed by atoms with Crippen molar-refractivity contribution in [3.8, 4) is 0 Å². The number of benzene rings is 1. The molecule has 0 unspecified atom stereocenters. The van der Waals surface area contributed by atoms with E-state index < -0.39 is 4.92 Å². The summed E-state index contributed by atoms with van der Waals surface area (Å²) in [6, 6.07) is 10.1. The number of aliphatic hydroxyl groups excluding tert-OH is 2. The van der Waals surface area contributed by atoms with Gasteiger partial charge >= 0.3 is 5.00 Å². The van der Waals surface area contributed by atoms with Crippen LogP contribution in [0.2, 0.25) is 0 Å². The van der Waals surface area contributed by atoms with Crippen LogP contribution in [0, 0.1) is 10.1 Å². The van der Waals surface area contributed by atoms with Crippen molar-refractivity contribution in [3.63, 3.8) is 0 Å². The lowest BCUT2D eigenvalue weighted by molar-refractivity contribution is -0.380. The van der Waals surface area contributed by atoms with Crippen molar-refractivity contribution in [1.29, 1.82) is 0 Å². The second-order valence-electron chi connectivity index (χ2n) is 4.52. The van der Waals surface area contributed by atoms with Gasteiger partial charge in [0.25, 0.3) is 0 Å². The Bertz CT molecular complexity index is 666. The molecule has 0 saturated heterocycles. The highest BCUT2D eigenvalue weighted by atomic mass is 32.1. The van der Waals surface area contributed by atoms with Gasteiger partial charge in [0, 0.05) is 24.8 Å². The summed E-state index contributed by atoms with van der Waals surface area (Å²) in [5.74, 6) is 0. The molecule has 0 bridgehead atoms. The van der Waals surface area contributed by atoms with Crippen LogP contribution in [0.4, 0.5) is 21.4 Å². The van der Waals surface area contributed by atoms with E-state index in [0.29, 0.717) is 23.8 Å². The topological polar surface area (TPSA) is 112 Å². The Morgan fingerprint density at radius 2 is 1.70 bits per heavy atom. The molecule has 0 saturated carbocycles. The third kappa shape index (κ3) is 4.81. The minimum absolute atomic E-state index is 0.00137. The molecule has 0 aliphatic rings. The number of anilines is 1. The zero-order valence-electron chi connectivity index (χ0n) is 12.2. The molecule has 122 valence electrons. The Morgan fingerprint density at radius 1 is 1.04 bits per heavy atom. The third-order valence-corrected chi connectivity index (χ3v) is 3.90. The first-order valence-corrected chi connectivity index (χ1v) is 7.68. The van der Waals surface area contributed by atoms with Gasteiger partial charge in [-0.05, 0) is 41.7 Å². The van der Waals surface area contributed by atoms with Crippen LogP contribution in [0.3, 0.4) is 0 Å². The van der Waals surface area contributed by atoms with Gasteiger partial charge in [0.05, 0.1) is 23.8 Å². The van der Waals surface area contributed by atoms with Crippen molar-refractivity contribution in [2.24, 2.45) is 10.2 Å². The standard InChI is InChI=1S/C14H16N4O4S/c19-9-7-17(8-10-20)12-3-1-11(2-4-12)15-16-13-5-6-14(23-13)18(21)22/h1-6,19-20H,7-10H2. The van der Waals surface area contributed by atoms with Gasteiger partial charge in [-0.25, -0.2) is 0 Å². The summed E-state index contributed by atoms with van der Waals surface area (Å²) in [5, 5.41) is 37.1. The van der Waals surface area contributed by atoms with Crippen LogP contribution in [0.25, 0.3) is 0 Å². The van der Waals surface area contributed by atoms with Gasteiger partial charge in [-0.15, -0.1) is 10.2 Å². The van der Waals surface area contributed by atoms with Crippen LogP contribution in [-0.2, 0) is 0 Å². The first kappa shape index (κ1) is 17.0. The summed E-state index contributed by atoms with van der Waals surface area (Å²) in [6.07, 6.45) is 0. The van der Waals surface area contributed by atoms with Gasteiger partial charge in [0.15, 0.2) is 0 Å². The zero-order valence-corrected chi connectivity index (χ0v) is 13.0. The highest BCUT2D eigenvalue weighted by Crippen LogP contribution is 2.32. The molecule has 0 radical (unpaired) electrons. The average molecular weight is 336 g/mol. The van der Waals surface area contributed by atoms with Crippen LogP contribution in [0.5, 0.6) is 0 Å². The van der Waals surface area contributed by atoms with Gasteiger partial charge in [-0.1, -0.05) is 0 Å². The van der Waals surface area contributed by atoms with Gasteiger partial charge in [0.1, 0.15) is 5.00 Å². The van der Waals surface area contributed by atoms with Crippen LogP contribution >= 0.6 is 11.3 Å². The normalized spacial score (nSPS) is 11.0. The maximum absolute atomic E-state index is 10.6. The van der Waals surface area contributed by atoms with E-state index in [1.807, 2.05) is 17.0 Å². The van der Waals surface area contributed by atoms with Crippen LogP contribution < -0.4 is 4.90 Å². The molecule has 0 amide bonds. The summed E-state index contributed by atoms with van der Waals surface area (Å²) < 4.78 is 0. The maximum Gasteiger partial charge on any atom is 0.326 e. The van der Waals surface area contributed by atoms with Crippen molar-refractivity contribution in [2.45, 2.75) is 0 Å². The van der Waals surface area contributed by atoms with Crippen molar-refractivity contribution in [3.05, 3.63) is 46.5 Å². The summed E-state index contributed by atoms with van der Waals surface area (Å²) in [6.45, 7) is 0.859. The minimum atomic E-state index is -0.463. The molecule has 23 heavy (non-hydrogen) atoms. The van der Waals surface area contributed by atoms with Gasteiger partial charge in [-0.3, -0.25) is 10.1 Å². The molecule has 2 aromatic rings. The van der Waals surface area contributed by atoms with Crippen molar-refractivity contribution in [2.75, 3.05) is 31.2 Å². The molecule has 0 aliphatic carbocycles. The Labute approximate surface area is 136 Å². The molecule has 0 fully saturated rings. The van der Waals surface area contributed by atoms with E-state index in [1.54, 1.807) is 18.2 Å². The lowest BCUT2D eigenvalue weighted by Crippen LogP contribution is -2.29. The number of nitro groups is 1. The van der Waals surface area contributed by atoms with E-state index in [4.69, 9.17) is 10.2 Å². The number of azo groups is 1. The smallest absolute Gasteiger partial charge is 0.326 e. The quantitative estimate of drug-likeness (QED) is 0.437. The van der Waals surface area contributed by atoms with Crippen molar-refractivity contribution in [1.82, 2.24) is 0 Å². The molecule has 1 aromatic carbocycles. The Balaban J connectivity index is 2.06. The summed E-state index contributed by atoms with van der Waals surface area (Å²) >= 11 is 0.958. The summed E-state index contributed by atoms with van der Waals surface area (Å²) in [7, 11) is 0. The predicted molar refractivity (Wildman–Crippen MR) is 88.0 cm³/mol. The van der Waals surface area contributed by atoms with Crippen molar-refractivity contribution < 1.29 is 15.1 Å². The van der Waals surface area contributed by atoms with Gasteiger partial charge < -0.3 is 15.1 Å². The van der Waals surface area contributed by atoms with Crippen LogP contribution in [-0.4, -0.2) is 41.4 Å². The molecule has 8 nitrogen and oxygen atoms in total. The van der Waals surface area contributed by atoms with Crippen LogP contribution in [0.1, 0.15) is 0 Å². The minimum Gasteiger partial charge on any atom is -0.395 e. The number of rotatable bonds is 8. The largest absolute Gasteiger partial charge is 0.395 e. The Kier molecular flexibility index (Phi) is 6.15. The first-order chi connectivity index (χ1) is 11.1. The Hall–Kier alpha value is -2.36. The van der Waals surface area contributed by atoms with E-state index in [1.165, 1.54) is 6.07 Å². The molecule has 2 rings (SSSR count). The number of hydrogen-bond donors (Lipinski definition) is 2. The van der Waals surface area contributed by atoms with Crippen molar-refractivity contribution >= 4 is 32.7 Å². The fourth-order valence-corrected chi connectivity index (χ4v) is 2.56. The average Bonchev–Trinajstić information content (AvgIpc) is 3.02. The predicted octanol–water partition coefficient (Wildman–Crippen LogP) is 2.86. The SMILES string of the molecule is O=[N+]([O-])c1ccc(N=Nc2ccc(N(CCO)CCO)cc2)s1. The first-order valence-electron chi connectivity index (χ1n) is 6.86. The molecule has 0 atom stereocenters. The molecule has 2 N–H and O–H groups in total. The van der Waals surface area contributed by atoms with E-state index in [2.05, 4.69) is 10.2 Å². The Morgan fingerprint density at radius 3 is 2.22 bits per heavy atom. The van der Waals surface area contributed by atoms with Gasteiger partial charge in [-0.2, -0.15) is 0 Å². The molecular formula is C14H16N4O4S. The molecule has 0 aliphatic heterocycles. The van der Waals surface area contributed by atoms with E-state index >= 15 is 0 Å². The number of hydrogen-bond acceptors (Lipinski definition) is 8. The van der Waals surface area contributed by atoms with E-state index in [0.717, 1.165) is 17.0 Å². The van der Waals surface area contributed by atoms with E-state index in [-0.39, 0.29) is 18.2 Å². The summed E-state index contributed by atoms with van der Waals surface area (Å²) in [4.78, 5) is 12.0. The number of aliphatic hydroxyl groups is 2. The second-order valence-corrected chi connectivity index (χ2v) is 5.56. The highest BCUT2D eigenvalue weighted by Gasteiger charge is 2.09. The van der Waals surface area contributed by atoms with Gasteiger partial charge in [0.2, 0.25) is 0 Å². The fraction of sp³-hybridized carbons (Fsp3) is 0.286. The fourth-order valence-electron chi connectivity index (χ4n) is 1.92. The molecular weight excluding hydrogens is 320 g/mol. The molecule has 1 heterocycles. The second kappa shape index (κ2) is 8.32. The molecule has 0 spiro atoms. The maximum atomic E-state index is 10.6. The van der Waals surface area contributed by atoms with E-state index in [9.17, 15) is 10.1 Å².